The molecule has 30 heavy (non-hydrogen) atoms. The van der Waals surface area contributed by atoms with Crippen molar-refractivity contribution in [3.63, 3.8) is 0 Å². The molecular weight excluding hydrogens is 388 g/mol. The summed E-state index contributed by atoms with van der Waals surface area (Å²) in [4.78, 5) is 61.8. The van der Waals surface area contributed by atoms with Crippen LogP contribution in [0.3, 0.4) is 0 Å². The van der Waals surface area contributed by atoms with Gasteiger partial charge in [0.05, 0.1) is 18.3 Å². The summed E-state index contributed by atoms with van der Waals surface area (Å²) in [5.41, 5.74) is 0.869. The van der Waals surface area contributed by atoms with Crippen LogP contribution in [0.15, 0.2) is 36.4 Å². The third kappa shape index (κ3) is 4.64. The maximum absolute atomic E-state index is 12.4. The molecule has 3 atom stereocenters. The summed E-state index contributed by atoms with van der Waals surface area (Å²) in [6.45, 7) is 2.79. The van der Waals surface area contributed by atoms with Crippen molar-refractivity contribution in [1.82, 2.24) is 4.90 Å². The van der Waals surface area contributed by atoms with Gasteiger partial charge >= 0.3 is 5.97 Å². The number of benzene rings is 1. The number of nitrogens with zero attached hydrogens (tertiary/aromatic N) is 1. The molecule has 1 saturated heterocycles. The average Bonchev–Trinajstić information content (AvgIpc) is 2.97. The van der Waals surface area contributed by atoms with Gasteiger partial charge < -0.3 is 10.1 Å². The number of rotatable bonds is 7. The van der Waals surface area contributed by atoms with E-state index in [9.17, 15) is 24.0 Å². The molecule has 0 aromatic heterocycles. The number of imide groups is 1. The number of Topliss-reactive ketones (excluding diaryl/α,β-unsaturated/α-hetero) is 1. The lowest BCUT2D eigenvalue weighted by Crippen LogP contribution is -2.35. The number of hydrogen-bond acceptors (Lipinski definition) is 6. The molecule has 0 radical (unpaired) electrons. The molecule has 8 heteroatoms. The summed E-state index contributed by atoms with van der Waals surface area (Å²) in [5.74, 6) is -2.54. The minimum absolute atomic E-state index is 0.0570. The van der Waals surface area contributed by atoms with Crippen LogP contribution in [0.4, 0.5) is 5.69 Å². The number of carbonyl (C=O) groups is 5. The number of anilines is 1. The normalized spacial score (nSPS) is 21.2. The zero-order chi connectivity index (χ0) is 21.8. The van der Waals surface area contributed by atoms with Crippen LogP contribution in [0.1, 0.15) is 43.5 Å². The largest absolute Gasteiger partial charge is 0.452 e. The molecule has 1 heterocycles. The molecule has 158 valence electrons. The van der Waals surface area contributed by atoms with E-state index >= 15 is 0 Å². The third-order valence-electron chi connectivity index (χ3n) is 5.35. The van der Waals surface area contributed by atoms with Crippen LogP contribution in [-0.2, 0) is 23.9 Å². The van der Waals surface area contributed by atoms with Crippen LogP contribution in [0.2, 0.25) is 0 Å². The standard InChI is InChI=1S/C22H24N2O6/c1-13(25)15-6-5-7-16(12-15)23-20(27)14(2)30-19(26)10-11-24-21(28)17-8-3-4-9-18(17)22(24)29/h3-7,12,14,17-18H,8-11H2,1-2H3,(H,23,27)/t14-,17-,18+/m0/s1. The first-order chi connectivity index (χ1) is 14.3. The maximum Gasteiger partial charge on any atom is 0.308 e. The number of ether oxygens (including phenoxy) is 1. The van der Waals surface area contributed by atoms with Crippen molar-refractivity contribution in [2.24, 2.45) is 11.8 Å². The molecule has 2 aliphatic rings. The smallest absolute Gasteiger partial charge is 0.308 e. The molecule has 1 aromatic carbocycles. The predicted octanol–water partition coefficient (Wildman–Crippen LogP) is 2.10. The van der Waals surface area contributed by atoms with E-state index in [2.05, 4.69) is 5.32 Å². The second kappa shape index (κ2) is 9.02. The molecule has 8 nitrogen and oxygen atoms in total. The summed E-state index contributed by atoms with van der Waals surface area (Å²) < 4.78 is 5.13. The van der Waals surface area contributed by atoms with Gasteiger partial charge in [0.2, 0.25) is 11.8 Å². The van der Waals surface area contributed by atoms with Crippen LogP contribution < -0.4 is 5.32 Å². The van der Waals surface area contributed by atoms with Crippen molar-refractivity contribution in [2.45, 2.75) is 39.2 Å². The van der Waals surface area contributed by atoms with E-state index in [0.29, 0.717) is 24.1 Å². The highest BCUT2D eigenvalue weighted by Crippen LogP contribution is 2.35. The number of esters is 1. The Labute approximate surface area is 174 Å². The van der Waals surface area contributed by atoms with Crippen LogP contribution in [-0.4, -0.2) is 47.0 Å². The Morgan fingerprint density at radius 2 is 1.77 bits per heavy atom. The van der Waals surface area contributed by atoms with Crippen molar-refractivity contribution >= 4 is 35.2 Å². The van der Waals surface area contributed by atoms with E-state index in [4.69, 9.17) is 4.74 Å². The van der Waals surface area contributed by atoms with E-state index in [1.807, 2.05) is 12.2 Å². The highest BCUT2D eigenvalue weighted by molar-refractivity contribution is 6.05. The summed E-state index contributed by atoms with van der Waals surface area (Å²) >= 11 is 0. The van der Waals surface area contributed by atoms with Gasteiger partial charge in [0.15, 0.2) is 11.9 Å². The Balaban J connectivity index is 1.49. The fourth-order valence-electron chi connectivity index (χ4n) is 3.66. The highest BCUT2D eigenvalue weighted by Gasteiger charge is 2.47. The molecule has 1 N–H and O–H groups in total. The minimum Gasteiger partial charge on any atom is -0.452 e. The van der Waals surface area contributed by atoms with Gasteiger partial charge in [-0.3, -0.25) is 28.9 Å². The summed E-state index contributed by atoms with van der Waals surface area (Å²) in [6, 6.07) is 6.43. The Morgan fingerprint density at radius 1 is 1.13 bits per heavy atom. The Morgan fingerprint density at radius 3 is 2.37 bits per heavy atom. The van der Waals surface area contributed by atoms with Gasteiger partial charge in [0.25, 0.3) is 5.91 Å². The number of likely N-dealkylation sites (tertiary alicyclic amines) is 1. The SMILES string of the molecule is CC(=O)c1cccc(NC(=O)[C@H](C)OC(=O)CCN2C(=O)[C@H]3CC=CC[C@H]3C2=O)c1. The molecule has 1 fully saturated rings. The average molecular weight is 412 g/mol. The molecule has 1 aliphatic carbocycles. The number of allylic oxidation sites excluding steroid dienone is 2. The fraction of sp³-hybridized carbons (Fsp3) is 0.409. The molecule has 0 spiro atoms. The minimum atomic E-state index is -1.07. The van der Waals surface area contributed by atoms with Crippen LogP contribution >= 0.6 is 0 Å². The predicted molar refractivity (Wildman–Crippen MR) is 107 cm³/mol. The molecular formula is C22H24N2O6. The number of fused-ring (bicyclic) bond motifs is 1. The van der Waals surface area contributed by atoms with E-state index in [0.717, 1.165) is 4.90 Å². The molecule has 1 aliphatic heterocycles. The van der Waals surface area contributed by atoms with Crippen molar-refractivity contribution in [2.75, 3.05) is 11.9 Å². The zero-order valence-electron chi connectivity index (χ0n) is 16.9. The first-order valence-corrected chi connectivity index (χ1v) is 9.89. The molecule has 3 amide bonds. The number of amides is 3. The molecule has 1 aromatic rings. The van der Waals surface area contributed by atoms with Gasteiger partial charge in [0.1, 0.15) is 0 Å². The van der Waals surface area contributed by atoms with Gasteiger partial charge in [-0.1, -0.05) is 24.3 Å². The summed E-state index contributed by atoms with van der Waals surface area (Å²) in [5, 5.41) is 2.59. The Kier molecular flexibility index (Phi) is 6.44. The molecule has 0 saturated carbocycles. The van der Waals surface area contributed by atoms with Gasteiger partial charge in [-0.05, 0) is 38.8 Å². The zero-order valence-corrected chi connectivity index (χ0v) is 16.9. The van der Waals surface area contributed by atoms with Gasteiger partial charge in [-0.2, -0.15) is 0 Å². The topological polar surface area (TPSA) is 110 Å². The number of hydrogen-bond donors (Lipinski definition) is 1. The second-order valence-electron chi connectivity index (χ2n) is 7.49. The third-order valence-corrected chi connectivity index (χ3v) is 5.35. The second-order valence-corrected chi connectivity index (χ2v) is 7.49. The monoisotopic (exact) mass is 412 g/mol. The van der Waals surface area contributed by atoms with Crippen LogP contribution in [0, 0.1) is 11.8 Å². The Bertz CT molecular complexity index is 896. The van der Waals surface area contributed by atoms with E-state index in [1.54, 1.807) is 18.2 Å². The summed E-state index contributed by atoms with van der Waals surface area (Å²) in [6.07, 6.45) is 3.63. The first-order valence-electron chi connectivity index (χ1n) is 9.89. The van der Waals surface area contributed by atoms with Gasteiger partial charge in [-0.25, -0.2) is 0 Å². The number of ketones is 1. The van der Waals surface area contributed by atoms with E-state index in [1.165, 1.54) is 19.9 Å². The van der Waals surface area contributed by atoms with Crippen molar-refractivity contribution in [1.29, 1.82) is 0 Å². The molecule has 0 unspecified atom stereocenters. The lowest BCUT2D eigenvalue weighted by atomic mass is 9.85. The quantitative estimate of drug-likeness (QED) is 0.318. The van der Waals surface area contributed by atoms with Crippen LogP contribution in [0.25, 0.3) is 0 Å². The van der Waals surface area contributed by atoms with E-state index < -0.39 is 18.0 Å². The van der Waals surface area contributed by atoms with Gasteiger partial charge in [0, 0.05) is 17.8 Å². The van der Waals surface area contributed by atoms with Crippen molar-refractivity contribution < 1.29 is 28.7 Å². The number of nitrogens with one attached hydrogen (secondary N) is 1. The van der Waals surface area contributed by atoms with Crippen molar-refractivity contribution in [3.05, 3.63) is 42.0 Å². The van der Waals surface area contributed by atoms with E-state index in [-0.39, 0.29) is 42.4 Å². The lowest BCUT2D eigenvalue weighted by molar-refractivity contribution is -0.154. The highest BCUT2D eigenvalue weighted by atomic mass is 16.5. The number of carbonyl (C=O) groups excluding carboxylic acids is 5. The Hall–Kier alpha value is -3.29. The lowest BCUT2D eigenvalue weighted by Gasteiger charge is -2.16. The van der Waals surface area contributed by atoms with Crippen LogP contribution in [0.5, 0.6) is 0 Å². The molecule has 0 bridgehead atoms. The molecule has 3 rings (SSSR count). The van der Waals surface area contributed by atoms with Crippen molar-refractivity contribution in [3.8, 4) is 0 Å². The first kappa shape index (κ1) is 21.4. The van der Waals surface area contributed by atoms with Gasteiger partial charge in [-0.15, -0.1) is 0 Å². The fourth-order valence-corrected chi connectivity index (χ4v) is 3.66. The summed E-state index contributed by atoms with van der Waals surface area (Å²) in [7, 11) is 0. The maximum atomic E-state index is 12.4.